The summed E-state index contributed by atoms with van der Waals surface area (Å²) in [5, 5.41) is 13.5. The summed E-state index contributed by atoms with van der Waals surface area (Å²) in [6.45, 7) is 2.04. The second-order valence-corrected chi connectivity index (χ2v) is 9.38. The van der Waals surface area contributed by atoms with Crippen molar-refractivity contribution in [3.05, 3.63) is 83.9 Å². The van der Waals surface area contributed by atoms with Crippen molar-refractivity contribution in [1.82, 2.24) is 20.2 Å². The fourth-order valence-electron chi connectivity index (χ4n) is 3.25. The number of benzene rings is 3. The van der Waals surface area contributed by atoms with Gasteiger partial charge in [-0.25, -0.2) is 5.43 Å². The predicted molar refractivity (Wildman–Crippen MR) is 143 cm³/mol. The van der Waals surface area contributed by atoms with E-state index in [1.807, 2.05) is 90.5 Å². The topological polar surface area (TPSA) is 81.4 Å². The largest absolute Gasteiger partial charge is 0.497 e. The van der Waals surface area contributed by atoms with E-state index in [0.717, 1.165) is 28.1 Å². The number of amides is 1. The van der Waals surface area contributed by atoms with Gasteiger partial charge in [0.2, 0.25) is 0 Å². The second kappa shape index (κ2) is 11.7. The number of ether oxygens (including phenoxy) is 1. The molecule has 0 saturated heterocycles. The smallest absolute Gasteiger partial charge is 0.250 e. The predicted octanol–water partition coefficient (Wildman–Crippen LogP) is 5.22. The fraction of sp³-hybridized carbons (Fsp3) is 0.154. The molecule has 0 unspecified atom stereocenters. The number of rotatable bonds is 9. The van der Waals surface area contributed by atoms with Crippen molar-refractivity contribution in [1.29, 1.82) is 0 Å². The lowest BCUT2D eigenvalue weighted by atomic mass is 10.2. The molecular formula is C26H25N5O2S2. The Morgan fingerprint density at radius 3 is 2.40 bits per heavy atom. The van der Waals surface area contributed by atoms with Gasteiger partial charge in [-0.05, 0) is 67.3 Å². The molecule has 3 aromatic carbocycles. The Morgan fingerprint density at radius 2 is 1.74 bits per heavy atom. The van der Waals surface area contributed by atoms with E-state index in [9.17, 15) is 4.79 Å². The van der Waals surface area contributed by atoms with Crippen molar-refractivity contribution in [2.45, 2.75) is 17.0 Å². The van der Waals surface area contributed by atoms with E-state index in [0.29, 0.717) is 11.0 Å². The molecule has 1 heterocycles. The first kappa shape index (κ1) is 24.6. The van der Waals surface area contributed by atoms with Crippen molar-refractivity contribution < 1.29 is 9.53 Å². The van der Waals surface area contributed by atoms with E-state index >= 15 is 0 Å². The van der Waals surface area contributed by atoms with Crippen LogP contribution in [0.2, 0.25) is 0 Å². The van der Waals surface area contributed by atoms with Crippen molar-refractivity contribution in [2.75, 3.05) is 19.1 Å². The number of aromatic nitrogens is 3. The molecule has 35 heavy (non-hydrogen) atoms. The van der Waals surface area contributed by atoms with Gasteiger partial charge in [0.1, 0.15) is 5.75 Å². The normalized spacial score (nSPS) is 11.1. The highest BCUT2D eigenvalue weighted by molar-refractivity contribution is 7.99. The van der Waals surface area contributed by atoms with Crippen LogP contribution in [0.3, 0.4) is 0 Å². The molecule has 0 aliphatic carbocycles. The molecule has 0 saturated carbocycles. The molecule has 7 nitrogen and oxygen atoms in total. The van der Waals surface area contributed by atoms with Gasteiger partial charge in [0.05, 0.1) is 19.1 Å². The molecular weight excluding hydrogens is 478 g/mol. The first-order valence-electron chi connectivity index (χ1n) is 10.8. The van der Waals surface area contributed by atoms with E-state index in [2.05, 4.69) is 20.7 Å². The second-order valence-electron chi connectivity index (χ2n) is 7.56. The summed E-state index contributed by atoms with van der Waals surface area (Å²) < 4.78 is 7.22. The average Bonchev–Trinajstić information content (AvgIpc) is 3.32. The standard InChI is InChI=1S/C26H25N5O2S2/c1-18-4-10-21(11-5-18)31-25(20-8-12-22(33-2)13-9-20)29-30-26(31)35-17-24(32)28-27-16-19-6-14-23(34-3)15-7-19/h4-16H,17H2,1-3H3,(H,28,32). The highest BCUT2D eigenvalue weighted by Crippen LogP contribution is 2.29. The lowest BCUT2D eigenvalue weighted by Gasteiger charge is -2.11. The van der Waals surface area contributed by atoms with Gasteiger partial charge in [-0.15, -0.1) is 22.0 Å². The van der Waals surface area contributed by atoms with Crippen LogP contribution < -0.4 is 10.2 Å². The lowest BCUT2D eigenvalue weighted by Crippen LogP contribution is -2.20. The lowest BCUT2D eigenvalue weighted by molar-refractivity contribution is -0.118. The number of carbonyl (C=O) groups is 1. The zero-order chi connectivity index (χ0) is 24.6. The van der Waals surface area contributed by atoms with Crippen LogP contribution in [0.15, 0.2) is 87.9 Å². The summed E-state index contributed by atoms with van der Waals surface area (Å²) in [5.74, 6) is 1.37. The van der Waals surface area contributed by atoms with Crippen molar-refractivity contribution in [3.63, 3.8) is 0 Å². The number of nitrogens with zero attached hydrogens (tertiary/aromatic N) is 4. The molecule has 4 rings (SSSR count). The Balaban J connectivity index is 1.49. The molecule has 0 spiro atoms. The number of thioether (sulfide) groups is 2. The van der Waals surface area contributed by atoms with Crippen molar-refractivity contribution in [3.8, 4) is 22.8 Å². The van der Waals surface area contributed by atoms with Gasteiger partial charge in [-0.1, -0.05) is 41.6 Å². The van der Waals surface area contributed by atoms with Crippen LogP contribution in [0, 0.1) is 6.92 Å². The molecule has 4 aromatic rings. The third-order valence-electron chi connectivity index (χ3n) is 5.12. The summed E-state index contributed by atoms with van der Waals surface area (Å²) >= 11 is 2.98. The summed E-state index contributed by atoms with van der Waals surface area (Å²) in [6.07, 6.45) is 3.66. The minimum atomic E-state index is -0.226. The zero-order valence-electron chi connectivity index (χ0n) is 19.6. The first-order valence-corrected chi connectivity index (χ1v) is 13.0. The maximum atomic E-state index is 12.4. The summed E-state index contributed by atoms with van der Waals surface area (Å²) in [5.41, 5.74) is 6.46. The highest BCUT2D eigenvalue weighted by Gasteiger charge is 2.17. The van der Waals surface area contributed by atoms with Crippen LogP contribution in [0.25, 0.3) is 17.1 Å². The maximum Gasteiger partial charge on any atom is 0.250 e. The summed E-state index contributed by atoms with van der Waals surface area (Å²) in [6, 6.07) is 23.7. The number of methoxy groups -OCH3 is 1. The number of nitrogens with one attached hydrogen (secondary N) is 1. The third-order valence-corrected chi connectivity index (χ3v) is 6.80. The molecule has 0 fully saturated rings. The van der Waals surface area contributed by atoms with Gasteiger partial charge < -0.3 is 4.74 Å². The van der Waals surface area contributed by atoms with E-state index in [4.69, 9.17) is 4.74 Å². The van der Waals surface area contributed by atoms with Gasteiger partial charge >= 0.3 is 0 Å². The first-order chi connectivity index (χ1) is 17.1. The number of carbonyl (C=O) groups excluding carboxylic acids is 1. The van der Waals surface area contributed by atoms with Gasteiger partial charge in [-0.2, -0.15) is 5.10 Å². The van der Waals surface area contributed by atoms with Crippen LogP contribution in [0.1, 0.15) is 11.1 Å². The van der Waals surface area contributed by atoms with Crippen molar-refractivity contribution >= 4 is 35.6 Å². The summed E-state index contributed by atoms with van der Waals surface area (Å²) in [7, 11) is 1.63. The fourth-order valence-corrected chi connectivity index (χ4v) is 4.40. The van der Waals surface area contributed by atoms with E-state index in [1.54, 1.807) is 25.1 Å². The molecule has 0 aliphatic heterocycles. The zero-order valence-corrected chi connectivity index (χ0v) is 21.3. The monoisotopic (exact) mass is 503 g/mol. The Hall–Kier alpha value is -3.56. The molecule has 9 heteroatoms. The number of hydrogen-bond acceptors (Lipinski definition) is 7. The van der Waals surface area contributed by atoms with Gasteiger partial charge in [0, 0.05) is 16.1 Å². The SMILES string of the molecule is COc1ccc(-c2nnc(SCC(=O)NN=Cc3ccc(SC)cc3)n2-c2ccc(C)cc2)cc1. The molecule has 0 aliphatic rings. The van der Waals surface area contributed by atoms with Gasteiger partial charge in [-0.3, -0.25) is 9.36 Å². The minimum absolute atomic E-state index is 0.148. The Labute approximate surface area is 213 Å². The molecule has 1 N–H and O–H groups in total. The Morgan fingerprint density at radius 1 is 1.03 bits per heavy atom. The van der Waals surface area contributed by atoms with E-state index in [-0.39, 0.29) is 11.7 Å². The third kappa shape index (κ3) is 6.32. The van der Waals surface area contributed by atoms with Crippen LogP contribution in [0.4, 0.5) is 0 Å². The maximum absolute atomic E-state index is 12.4. The van der Waals surface area contributed by atoms with E-state index < -0.39 is 0 Å². The molecule has 1 amide bonds. The molecule has 0 radical (unpaired) electrons. The molecule has 1 aromatic heterocycles. The highest BCUT2D eigenvalue weighted by atomic mass is 32.2. The van der Waals surface area contributed by atoms with Crippen LogP contribution in [0.5, 0.6) is 5.75 Å². The Bertz CT molecular complexity index is 1300. The number of aryl methyl sites for hydroxylation is 1. The number of hydrazone groups is 1. The molecule has 0 atom stereocenters. The summed E-state index contributed by atoms with van der Waals surface area (Å²) in [4.78, 5) is 13.6. The average molecular weight is 504 g/mol. The van der Waals surface area contributed by atoms with E-state index in [1.165, 1.54) is 16.7 Å². The van der Waals surface area contributed by atoms with Gasteiger partial charge in [0.25, 0.3) is 5.91 Å². The van der Waals surface area contributed by atoms with Crippen LogP contribution in [-0.2, 0) is 4.79 Å². The quantitative estimate of drug-likeness (QED) is 0.192. The molecule has 0 bridgehead atoms. The van der Waals surface area contributed by atoms with Crippen molar-refractivity contribution in [2.24, 2.45) is 5.10 Å². The number of hydrogen-bond donors (Lipinski definition) is 1. The van der Waals surface area contributed by atoms with Crippen LogP contribution in [-0.4, -0.2) is 46.0 Å². The van der Waals surface area contributed by atoms with Crippen LogP contribution >= 0.6 is 23.5 Å². The van der Waals surface area contributed by atoms with Gasteiger partial charge in [0.15, 0.2) is 11.0 Å². The Kier molecular flexibility index (Phi) is 8.23. The minimum Gasteiger partial charge on any atom is -0.497 e. The molecule has 178 valence electrons.